The molecule has 2 aromatic rings. The highest BCUT2D eigenvalue weighted by Gasteiger charge is 2.42. The predicted octanol–water partition coefficient (Wildman–Crippen LogP) is 5.43. The van der Waals surface area contributed by atoms with E-state index in [1.165, 1.54) is 6.07 Å². The van der Waals surface area contributed by atoms with E-state index in [0.29, 0.717) is 10.6 Å². The summed E-state index contributed by atoms with van der Waals surface area (Å²) in [6.45, 7) is 4.78. The van der Waals surface area contributed by atoms with E-state index in [2.05, 4.69) is 5.32 Å². The smallest absolute Gasteiger partial charge is 0.411 e. The first-order valence-corrected chi connectivity index (χ1v) is 9.92. The number of rotatable bonds is 3. The van der Waals surface area contributed by atoms with Gasteiger partial charge in [0.15, 0.2) is 5.82 Å². The van der Waals surface area contributed by atoms with Gasteiger partial charge in [0.2, 0.25) is 5.91 Å². The number of carbonyl (C=O) groups excluding carboxylic acids is 2. The van der Waals surface area contributed by atoms with Crippen LogP contribution in [0, 0.1) is 5.82 Å². The number of likely N-dealkylation sites (tertiary alicyclic amines) is 1. The minimum atomic E-state index is -1.37. The van der Waals surface area contributed by atoms with Gasteiger partial charge in [0, 0.05) is 22.6 Å². The molecule has 30 heavy (non-hydrogen) atoms. The lowest BCUT2D eigenvalue weighted by Gasteiger charge is -2.27. The molecule has 1 heterocycles. The lowest BCUT2D eigenvalue weighted by atomic mass is 10.0. The summed E-state index contributed by atoms with van der Waals surface area (Å²) in [6, 6.07) is 10.2. The second kappa shape index (κ2) is 8.60. The molecule has 3 rings (SSSR count). The number of anilines is 1. The molecule has 0 unspecified atom stereocenters. The van der Waals surface area contributed by atoms with E-state index < -0.39 is 35.6 Å². The normalized spacial score (nSPS) is 18.9. The van der Waals surface area contributed by atoms with Crippen LogP contribution in [0.2, 0.25) is 5.02 Å². The molecule has 160 valence electrons. The van der Waals surface area contributed by atoms with E-state index in [0.717, 1.165) is 4.90 Å². The molecule has 0 aliphatic carbocycles. The number of ether oxygens (including phenoxy) is 1. The van der Waals surface area contributed by atoms with E-state index in [9.17, 15) is 14.0 Å². The van der Waals surface area contributed by atoms with Crippen LogP contribution >= 0.6 is 11.6 Å². The molecular weight excluding hydrogens is 414 g/mol. The van der Waals surface area contributed by atoms with Gasteiger partial charge in [0.05, 0.1) is 12.2 Å². The molecular formula is C22H23ClF2N2O3. The van der Waals surface area contributed by atoms with Crippen LogP contribution in [0.5, 0.6) is 0 Å². The molecule has 1 saturated heterocycles. The molecule has 2 atom stereocenters. The predicted molar refractivity (Wildman–Crippen MR) is 112 cm³/mol. The monoisotopic (exact) mass is 436 g/mol. The van der Waals surface area contributed by atoms with Crippen molar-refractivity contribution >= 4 is 29.3 Å². The zero-order valence-corrected chi connectivity index (χ0v) is 17.7. The van der Waals surface area contributed by atoms with Gasteiger partial charge in [-0.2, -0.15) is 0 Å². The maximum Gasteiger partial charge on any atom is 0.411 e. The van der Waals surface area contributed by atoms with Crippen LogP contribution < -0.4 is 5.32 Å². The fraction of sp³-hybridized carbons (Fsp3) is 0.364. The van der Waals surface area contributed by atoms with E-state index in [-0.39, 0.29) is 24.2 Å². The summed E-state index contributed by atoms with van der Waals surface area (Å²) in [6.07, 6.45) is -2.34. The summed E-state index contributed by atoms with van der Waals surface area (Å²) >= 11 is 6.16. The topological polar surface area (TPSA) is 58.6 Å². The van der Waals surface area contributed by atoms with Crippen molar-refractivity contribution in [3.63, 3.8) is 0 Å². The molecule has 1 fully saturated rings. The minimum Gasteiger partial charge on any atom is -0.444 e. The Morgan fingerprint density at radius 3 is 2.47 bits per heavy atom. The molecule has 2 amide bonds. The Balaban J connectivity index is 1.82. The number of nitrogens with one attached hydrogen (secondary N) is 1. The van der Waals surface area contributed by atoms with Crippen LogP contribution in [0.15, 0.2) is 42.5 Å². The van der Waals surface area contributed by atoms with Crippen molar-refractivity contribution in [2.45, 2.75) is 45.0 Å². The highest BCUT2D eigenvalue weighted by atomic mass is 35.5. The van der Waals surface area contributed by atoms with Gasteiger partial charge in [0.1, 0.15) is 17.8 Å². The van der Waals surface area contributed by atoms with Crippen molar-refractivity contribution in [3.05, 3.63) is 53.3 Å². The van der Waals surface area contributed by atoms with Crippen LogP contribution in [0.25, 0.3) is 11.1 Å². The fourth-order valence-electron chi connectivity index (χ4n) is 3.29. The van der Waals surface area contributed by atoms with Gasteiger partial charge in [-0.05, 0) is 32.9 Å². The Morgan fingerprint density at radius 1 is 1.13 bits per heavy atom. The van der Waals surface area contributed by atoms with Crippen LogP contribution in [0.3, 0.4) is 0 Å². The Morgan fingerprint density at radius 2 is 1.80 bits per heavy atom. The van der Waals surface area contributed by atoms with Crippen molar-refractivity contribution in [2.24, 2.45) is 0 Å². The third-order valence-corrected chi connectivity index (χ3v) is 4.93. The van der Waals surface area contributed by atoms with Gasteiger partial charge in [-0.3, -0.25) is 9.69 Å². The zero-order valence-electron chi connectivity index (χ0n) is 16.9. The number of benzene rings is 2. The third kappa shape index (κ3) is 4.90. The molecule has 2 aromatic carbocycles. The Kier molecular flexibility index (Phi) is 6.31. The lowest BCUT2D eigenvalue weighted by Crippen LogP contribution is -2.45. The maximum absolute atomic E-state index is 15.1. The molecule has 8 heteroatoms. The average Bonchev–Trinajstić information content (AvgIpc) is 3.05. The molecule has 0 saturated carbocycles. The van der Waals surface area contributed by atoms with Crippen molar-refractivity contribution in [3.8, 4) is 11.1 Å². The lowest BCUT2D eigenvalue weighted by molar-refractivity contribution is -0.120. The van der Waals surface area contributed by atoms with E-state index >= 15 is 4.39 Å². The van der Waals surface area contributed by atoms with Crippen molar-refractivity contribution < 1.29 is 23.1 Å². The van der Waals surface area contributed by atoms with Gasteiger partial charge in [0.25, 0.3) is 0 Å². The first-order valence-electron chi connectivity index (χ1n) is 9.55. The van der Waals surface area contributed by atoms with E-state index in [4.69, 9.17) is 16.3 Å². The summed E-state index contributed by atoms with van der Waals surface area (Å²) in [4.78, 5) is 26.2. The van der Waals surface area contributed by atoms with Gasteiger partial charge in [-0.1, -0.05) is 41.9 Å². The van der Waals surface area contributed by atoms with Crippen molar-refractivity contribution in [2.75, 3.05) is 11.9 Å². The van der Waals surface area contributed by atoms with E-state index in [1.807, 2.05) is 0 Å². The van der Waals surface area contributed by atoms with Crippen LogP contribution in [0.4, 0.5) is 19.3 Å². The zero-order chi connectivity index (χ0) is 22.1. The number of hydrogen-bond donors (Lipinski definition) is 1. The second-order valence-electron chi connectivity index (χ2n) is 8.12. The van der Waals surface area contributed by atoms with Gasteiger partial charge in [-0.25, -0.2) is 13.6 Å². The fourth-order valence-corrected chi connectivity index (χ4v) is 3.53. The third-order valence-electron chi connectivity index (χ3n) is 4.60. The first-order chi connectivity index (χ1) is 14.1. The average molecular weight is 437 g/mol. The summed E-state index contributed by atoms with van der Waals surface area (Å²) < 4.78 is 34.4. The maximum atomic E-state index is 15.1. The summed E-state index contributed by atoms with van der Waals surface area (Å²) in [5.41, 5.74) is -0.170. The van der Waals surface area contributed by atoms with Gasteiger partial charge in [-0.15, -0.1) is 0 Å². The molecule has 5 nitrogen and oxygen atoms in total. The standard InChI is InChI=1S/C22H23ClF2N2O3/c1-22(2,3)30-21(29)27-12-13(24)11-18(27)20(28)26-17-10-6-8-15(19(17)25)14-7-4-5-9-16(14)23/h4-10,13,18H,11-12H2,1-3H3,(H,26,28)/t13-,18+/m1/s1. The first kappa shape index (κ1) is 22.0. The number of nitrogens with zero attached hydrogens (tertiary/aromatic N) is 1. The minimum absolute atomic E-state index is 0.0798. The SMILES string of the molecule is CC(C)(C)OC(=O)N1C[C@H](F)C[C@H]1C(=O)Nc1cccc(-c2ccccc2Cl)c1F. The largest absolute Gasteiger partial charge is 0.444 e. The number of halogens is 3. The van der Waals surface area contributed by atoms with Crippen LogP contribution in [-0.2, 0) is 9.53 Å². The van der Waals surface area contributed by atoms with Gasteiger partial charge >= 0.3 is 6.09 Å². The number of amides is 2. The summed E-state index contributed by atoms with van der Waals surface area (Å²) in [5.74, 6) is -1.35. The molecule has 1 aliphatic rings. The van der Waals surface area contributed by atoms with E-state index in [1.54, 1.807) is 57.2 Å². The highest BCUT2D eigenvalue weighted by Crippen LogP contribution is 2.33. The number of alkyl halides is 1. The number of hydrogen-bond acceptors (Lipinski definition) is 3. The van der Waals surface area contributed by atoms with Crippen LogP contribution in [0.1, 0.15) is 27.2 Å². The highest BCUT2D eigenvalue weighted by molar-refractivity contribution is 6.33. The Hall–Kier alpha value is -2.67. The Bertz CT molecular complexity index is 962. The van der Waals surface area contributed by atoms with Crippen molar-refractivity contribution in [1.29, 1.82) is 0 Å². The second-order valence-corrected chi connectivity index (χ2v) is 8.52. The molecule has 1 aliphatic heterocycles. The quantitative estimate of drug-likeness (QED) is 0.697. The Labute approximate surface area is 179 Å². The molecule has 0 spiro atoms. The molecule has 0 aromatic heterocycles. The van der Waals surface area contributed by atoms with Crippen LogP contribution in [-0.4, -0.2) is 41.3 Å². The van der Waals surface area contributed by atoms with Gasteiger partial charge < -0.3 is 10.1 Å². The number of carbonyl (C=O) groups is 2. The molecule has 1 N–H and O–H groups in total. The molecule has 0 bridgehead atoms. The summed E-state index contributed by atoms with van der Waals surface area (Å²) in [5, 5.41) is 2.84. The summed E-state index contributed by atoms with van der Waals surface area (Å²) in [7, 11) is 0. The van der Waals surface area contributed by atoms with Crippen molar-refractivity contribution in [1.82, 2.24) is 4.90 Å². The molecule has 0 radical (unpaired) electrons.